The van der Waals surface area contributed by atoms with Crippen LogP contribution >= 0.6 is 0 Å². The van der Waals surface area contributed by atoms with Crippen LogP contribution in [0, 0.1) is 0 Å². The molecule has 0 aliphatic carbocycles. The van der Waals surface area contributed by atoms with Gasteiger partial charge in [0.1, 0.15) is 0 Å². The van der Waals surface area contributed by atoms with E-state index in [2.05, 4.69) is 14.6 Å². The van der Waals surface area contributed by atoms with Crippen LogP contribution in [0.4, 0.5) is 4.79 Å². The van der Waals surface area contributed by atoms with E-state index >= 15 is 0 Å². The standard InChI is InChI=1S/C16H18N2O8/c1-3-22-16(21)17-14(19)7-23-15(20)8-26-18-10(2)11-4-5-12-13(6-11)25-9-24-12/h4-6H,3,7-9H2,1-2H3,(H,17,19,21)/b18-10+. The molecular weight excluding hydrogens is 348 g/mol. The van der Waals surface area contributed by atoms with E-state index in [4.69, 9.17) is 14.3 Å². The van der Waals surface area contributed by atoms with E-state index in [0.29, 0.717) is 17.2 Å². The van der Waals surface area contributed by atoms with Gasteiger partial charge in [0.05, 0.1) is 12.3 Å². The molecule has 0 fully saturated rings. The summed E-state index contributed by atoms with van der Waals surface area (Å²) in [6, 6.07) is 5.25. The highest BCUT2D eigenvalue weighted by molar-refractivity contribution is 5.99. The summed E-state index contributed by atoms with van der Waals surface area (Å²) in [6.07, 6.45) is -0.909. The Kier molecular flexibility index (Phi) is 6.77. The minimum absolute atomic E-state index is 0.119. The molecule has 0 radical (unpaired) electrons. The van der Waals surface area contributed by atoms with Crippen molar-refractivity contribution in [3.05, 3.63) is 23.8 Å². The van der Waals surface area contributed by atoms with E-state index in [0.717, 1.165) is 5.56 Å². The number of imide groups is 1. The predicted octanol–water partition coefficient (Wildman–Crippen LogP) is 0.972. The second-order valence-corrected chi connectivity index (χ2v) is 4.95. The van der Waals surface area contributed by atoms with E-state index in [9.17, 15) is 14.4 Å². The highest BCUT2D eigenvalue weighted by Gasteiger charge is 2.15. The molecule has 2 amide bonds. The maximum atomic E-state index is 11.5. The Morgan fingerprint density at radius 1 is 1.15 bits per heavy atom. The first-order chi connectivity index (χ1) is 12.5. The molecular formula is C16H18N2O8. The summed E-state index contributed by atoms with van der Waals surface area (Å²) < 4.78 is 19.6. The van der Waals surface area contributed by atoms with Gasteiger partial charge in [-0.05, 0) is 32.0 Å². The van der Waals surface area contributed by atoms with Gasteiger partial charge in [0, 0.05) is 5.56 Å². The lowest BCUT2D eigenvalue weighted by molar-refractivity contribution is -0.152. The van der Waals surface area contributed by atoms with Crippen molar-refractivity contribution >= 4 is 23.7 Å². The Labute approximate surface area is 149 Å². The molecule has 1 aromatic rings. The van der Waals surface area contributed by atoms with Crippen molar-refractivity contribution in [2.45, 2.75) is 13.8 Å². The third-order valence-corrected chi connectivity index (χ3v) is 3.06. The topological polar surface area (TPSA) is 122 Å². The Bertz CT molecular complexity index is 716. The van der Waals surface area contributed by atoms with E-state index in [1.54, 1.807) is 32.0 Å². The summed E-state index contributed by atoms with van der Waals surface area (Å²) in [5.74, 6) is -0.376. The molecule has 0 aromatic heterocycles. The number of nitrogens with one attached hydrogen (secondary N) is 1. The van der Waals surface area contributed by atoms with E-state index in [-0.39, 0.29) is 13.4 Å². The minimum atomic E-state index is -0.909. The number of benzene rings is 1. The van der Waals surface area contributed by atoms with Gasteiger partial charge in [-0.25, -0.2) is 9.59 Å². The van der Waals surface area contributed by atoms with Crippen LogP contribution < -0.4 is 14.8 Å². The van der Waals surface area contributed by atoms with Gasteiger partial charge in [0.15, 0.2) is 18.1 Å². The van der Waals surface area contributed by atoms with Gasteiger partial charge < -0.3 is 23.8 Å². The molecule has 10 nitrogen and oxygen atoms in total. The van der Waals surface area contributed by atoms with Gasteiger partial charge in [0.2, 0.25) is 13.4 Å². The van der Waals surface area contributed by atoms with Gasteiger partial charge in [-0.15, -0.1) is 0 Å². The van der Waals surface area contributed by atoms with Crippen LogP contribution in [0.25, 0.3) is 0 Å². The smallest absolute Gasteiger partial charge is 0.413 e. The van der Waals surface area contributed by atoms with Gasteiger partial charge in [-0.2, -0.15) is 0 Å². The van der Waals surface area contributed by atoms with Crippen molar-refractivity contribution in [1.29, 1.82) is 0 Å². The third-order valence-electron chi connectivity index (χ3n) is 3.06. The highest BCUT2D eigenvalue weighted by Crippen LogP contribution is 2.32. The minimum Gasteiger partial charge on any atom is -0.454 e. The Morgan fingerprint density at radius 3 is 2.69 bits per heavy atom. The molecule has 0 unspecified atom stereocenters. The van der Waals surface area contributed by atoms with Crippen molar-refractivity contribution in [2.24, 2.45) is 5.16 Å². The number of fused-ring (bicyclic) bond motifs is 1. The molecule has 0 atom stereocenters. The number of carbonyl (C=O) groups is 3. The molecule has 1 aliphatic heterocycles. The van der Waals surface area contributed by atoms with E-state index in [1.807, 2.05) is 5.32 Å². The normalized spacial score (nSPS) is 12.3. The zero-order chi connectivity index (χ0) is 18.9. The summed E-state index contributed by atoms with van der Waals surface area (Å²) in [5.41, 5.74) is 1.24. The number of oxime groups is 1. The maximum absolute atomic E-state index is 11.5. The highest BCUT2D eigenvalue weighted by atomic mass is 16.7. The van der Waals surface area contributed by atoms with Gasteiger partial charge in [0.25, 0.3) is 5.91 Å². The summed E-state index contributed by atoms with van der Waals surface area (Å²) in [7, 11) is 0. The summed E-state index contributed by atoms with van der Waals surface area (Å²) in [4.78, 5) is 38.7. The zero-order valence-electron chi connectivity index (χ0n) is 14.3. The quantitative estimate of drug-likeness (QED) is 0.430. The fraction of sp³-hybridized carbons (Fsp3) is 0.375. The number of amides is 2. The number of nitrogens with zero attached hydrogens (tertiary/aromatic N) is 1. The Balaban J connectivity index is 1.72. The fourth-order valence-corrected chi connectivity index (χ4v) is 1.86. The molecule has 0 saturated carbocycles. The lowest BCUT2D eigenvalue weighted by Crippen LogP contribution is -2.34. The van der Waals surface area contributed by atoms with Crippen molar-refractivity contribution in [1.82, 2.24) is 5.32 Å². The van der Waals surface area contributed by atoms with Crippen LogP contribution in [-0.2, 0) is 23.9 Å². The van der Waals surface area contributed by atoms with Gasteiger partial charge in [-0.3, -0.25) is 10.1 Å². The predicted molar refractivity (Wildman–Crippen MR) is 86.9 cm³/mol. The average molecular weight is 366 g/mol. The number of ether oxygens (including phenoxy) is 4. The molecule has 26 heavy (non-hydrogen) atoms. The Hall–Kier alpha value is -3.30. The zero-order valence-corrected chi connectivity index (χ0v) is 14.3. The summed E-state index contributed by atoms with van der Waals surface area (Å²) in [5, 5.41) is 5.69. The van der Waals surface area contributed by atoms with Gasteiger partial charge >= 0.3 is 12.1 Å². The lowest BCUT2D eigenvalue weighted by Gasteiger charge is -2.06. The first kappa shape index (κ1) is 19.0. The van der Waals surface area contributed by atoms with Crippen molar-refractivity contribution < 1.29 is 38.2 Å². The molecule has 140 valence electrons. The van der Waals surface area contributed by atoms with Crippen LogP contribution in [0.15, 0.2) is 23.4 Å². The number of hydrogen-bond donors (Lipinski definition) is 1. The van der Waals surface area contributed by atoms with Crippen LogP contribution in [0.1, 0.15) is 19.4 Å². The summed E-state index contributed by atoms with van der Waals surface area (Å²) >= 11 is 0. The number of esters is 1. The molecule has 1 heterocycles. The fourth-order valence-electron chi connectivity index (χ4n) is 1.86. The summed E-state index contributed by atoms with van der Waals surface area (Å²) in [6.45, 7) is 2.44. The van der Waals surface area contributed by atoms with Crippen LogP contribution in [0.5, 0.6) is 11.5 Å². The first-order valence-electron chi connectivity index (χ1n) is 7.68. The van der Waals surface area contributed by atoms with Crippen molar-refractivity contribution in [3.63, 3.8) is 0 Å². The maximum Gasteiger partial charge on any atom is 0.413 e. The van der Waals surface area contributed by atoms with Crippen molar-refractivity contribution in [2.75, 3.05) is 26.6 Å². The monoisotopic (exact) mass is 366 g/mol. The molecule has 0 bridgehead atoms. The number of carbonyl (C=O) groups excluding carboxylic acids is 3. The molecule has 1 N–H and O–H groups in total. The number of rotatable bonds is 7. The SMILES string of the molecule is CCOC(=O)NC(=O)COC(=O)CO/N=C(\C)c1ccc2c(c1)OCO2. The molecule has 1 aliphatic rings. The molecule has 0 spiro atoms. The lowest BCUT2D eigenvalue weighted by atomic mass is 10.1. The molecule has 2 rings (SSSR count). The number of hydrogen-bond acceptors (Lipinski definition) is 9. The molecule has 1 aromatic carbocycles. The average Bonchev–Trinajstić information content (AvgIpc) is 3.07. The Morgan fingerprint density at radius 2 is 1.92 bits per heavy atom. The molecule has 10 heteroatoms. The number of alkyl carbamates (subject to hydrolysis) is 1. The van der Waals surface area contributed by atoms with Crippen LogP contribution in [0.2, 0.25) is 0 Å². The van der Waals surface area contributed by atoms with E-state index < -0.39 is 31.2 Å². The largest absolute Gasteiger partial charge is 0.454 e. The van der Waals surface area contributed by atoms with Crippen LogP contribution in [0.3, 0.4) is 0 Å². The van der Waals surface area contributed by atoms with E-state index in [1.165, 1.54) is 0 Å². The van der Waals surface area contributed by atoms with Crippen molar-refractivity contribution in [3.8, 4) is 11.5 Å². The molecule has 0 saturated heterocycles. The first-order valence-corrected chi connectivity index (χ1v) is 7.68. The third kappa shape index (κ3) is 5.65. The van der Waals surface area contributed by atoms with Crippen LogP contribution in [-0.4, -0.2) is 50.3 Å². The second-order valence-electron chi connectivity index (χ2n) is 4.95. The van der Waals surface area contributed by atoms with Gasteiger partial charge in [-0.1, -0.05) is 5.16 Å². The second kappa shape index (κ2) is 9.25.